The smallest absolute Gasteiger partial charge is 0.243 e. The van der Waals surface area contributed by atoms with Gasteiger partial charge in [-0.3, -0.25) is 10.2 Å². The number of amidine groups is 1. The number of anilines is 2. The summed E-state index contributed by atoms with van der Waals surface area (Å²) in [5.41, 5.74) is 2.24. The Hall–Kier alpha value is -3.45. The molecule has 0 bridgehead atoms. The number of para-hydroxylation sites is 1. The summed E-state index contributed by atoms with van der Waals surface area (Å²) in [6.45, 7) is 0.398. The minimum Gasteiger partial charge on any atom is -0.454 e. The Bertz CT molecular complexity index is 1270. The van der Waals surface area contributed by atoms with Crippen LogP contribution in [0.1, 0.15) is 23.3 Å². The van der Waals surface area contributed by atoms with Crippen LogP contribution in [0.2, 0.25) is 5.22 Å². The molecule has 1 spiro atoms. The van der Waals surface area contributed by atoms with E-state index < -0.39 is 5.41 Å². The lowest BCUT2D eigenvalue weighted by molar-refractivity contribution is -0.121. The molecule has 7 nitrogen and oxygen atoms in total. The van der Waals surface area contributed by atoms with Gasteiger partial charge in [-0.2, -0.15) is 0 Å². The average Bonchev–Trinajstić information content (AvgIpc) is 3.45. The summed E-state index contributed by atoms with van der Waals surface area (Å²) in [5, 5.41) is 8.96. The number of benzene rings is 2. The first-order valence-corrected chi connectivity index (χ1v) is 10.3. The van der Waals surface area contributed by atoms with Gasteiger partial charge in [0, 0.05) is 30.8 Å². The number of amides is 1. The number of fused-ring (bicyclic) bond motifs is 5. The van der Waals surface area contributed by atoms with E-state index in [4.69, 9.17) is 30.9 Å². The summed E-state index contributed by atoms with van der Waals surface area (Å²) in [6.07, 6.45) is 0.251. The number of nitrogens with one attached hydrogen (secondary N) is 1. The second kappa shape index (κ2) is 6.28. The number of carbonyl (C=O) groups excluding carboxylic acids is 1. The number of ether oxygens (including phenoxy) is 2. The summed E-state index contributed by atoms with van der Waals surface area (Å²) in [7, 11) is 1.84. The fourth-order valence-corrected chi connectivity index (χ4v) is 5.03. The quantitative estimate of drug-likeness (QED) is 0.648. The fourth-order valence-electron chi connectivity index (χ4n) is 4.87. The van der Waals surface area contributed by atoms with Crippen LogP contribution in [-0.2, 0) is 16.8 Å². The molecule has 3 aliphatic heterocycles. The first-order valence-electron chi connectivity index (χ1n) is 9.90. The van der Waals surface area contributed by atoms with E-state index >= 15 is 0 Å². The van der Waals surface area contributed by atoms with E-state index in [1.807, 2.05) is 43.4 Å². The molecule has 156 valence electrons. The van der Waals surface area contributed by atoms with Gasteiger partial charge in [-0.25, -0.2) is 0 Å². The van der Waals surface area contributed by atoms with Gasteiger partial charge >= 0.3 is 0 Å². The molecule has 0 radical (unpaired) electrons. The third-order valence-electron chi connectivity index (χ3n) is 6.36. The maximum atomic E-state index is 14.1. The predicted octanol–water partition coefficient (Wildman–Crippen LogP) is 4.31. The molecule has 1 atom stereocenters. The third kappa shape index (κ3) is 2.41. The first-order chi connectivity index (χ1) is 15.0. The van der Waals surface area contributed by atoms with Crippen molar-refractivity contribution in [2.45, 2.75) is 18.4 Å². The van der Waals surface area contributed by atoms with Crippen LogP contribution >= 0.6 is 11.6 Å². The lowest BCUT2D eigenvalue weighted by Crippen LogP contribution is -2.49. The molecule has 3 aliphatic rings. The molecule has 1 N–H and O–H groups in total. The number of rotatable bonds is 2. The highest BCUT2D eigenvalue weighted by Gasteiger charge is 2.56. The van der Waals surface area contributed by atoms with Crippen LogP contribution in [0.5, 0.6) is 11.5 Å². The van der Waals surface area contributed by atoms with E-state index in [1.54, 1.807) is 21.9 Å². The number of halogens is 1. The molecular weight excluding hydrogens is 418 g/mol. The van der Waals surface area contributed by atoms with E-state index in [0.29, 0.717) is 23.1 Å². The molecule has 0 saturated heterocycles. The molecule has 4 heterocycles. The largest absolute Gasteiger partial charge is 0.454 e. The summed E-state index contributed by atoms with van der Waals surface area (Å²) in [4.78, 5) is 17.6. The third-order valence-corrected chi connectivity index (χ3v) is 6.56. The Balaban J connectivity index is 1.57. The monoisotopic (exact) mass is 435 g/mol. The van der Waals surface area contributed by atoms with E-state index in [0.717, 1.165) is 22.5 Å². The molecule has 0 saturated carbocycles. The van der Waals surface area contributed by atoms with Gasteiger partial charge in [0.05, 0.1) is 12.2 Å². The zero-order chi connectivity index (χ0) is 21.3. The zero-order valence-electron chi connectivity index (χ0n) is 16.6. The fraction of sp³-hybridized carbons (Fsp3) is 0.217. The predicted molar refractivity (Wildman–Crippen MR) is 115 cm³/mol. The molecule has 31 heavy (non-hydrogen) atoms. The summed E-state index contributed by atoms with van der Waals surface area (Å²) in [5.74, 6) is 2.09. The van der Waals surface area contributed by atoms with Crippen molar-refractivity contribution >= 4 is 34.7 Å². The van der Waals surface area contributed by atoms with E-state index in [2.05, 4.69) is 0 Å². The Morgan fingerprint density at radius 3 is 2.61 bits per heavy atom. The molecule has 1 amide bonds. The van der Waals surface area contributed by atoms with Gasteiger partial charge in [-0.15, -0.1) is 0 Å². The summed E-state index contributed by atoms with van der Waals surface area (Å²) in [6, 6.07) is 14.9. The van der Waals surface area contributed by atoms with Gasteiger partial charge in [0.15, 0.2) is 16.7 Å². The van der Waals surface area contributed by atoms with E-state index in [9.17, 15) is 4.79 Å². The maximum absolute atomic E-state index is 14.1. The van der Waals surface area contributed by atoms with Crippen molar-refractivity contribution in [2.24, 2.45) is 0 Å². The van der Waals surface area contributed by atoms with Crippen molar-refractivity contribution < 1.29 is 18.7 Å². The highest BCUT2D eigenvalue weighted by Crippen LogP contribution is 2.55. The molecule has 6 rings (SSSR count). The second-order valence-electron chi connectivity index (χ2n) is 7.92. The summed E-state index contributed by atoms with van der Waals surface area (Å²) >= 11 is 5.95. The van der Waals surface area contributed by atoms with E-state index in [-0.39, 0.29) is 30.9 Å². The summed E-state index contributed by atoms with van der Waals surface area (Å²) < 4.78 is 16.7. The molecule has 3 aromatic rings. The van der Waals surface area contributed by atoms with Gasteiger partial charge in [0.1, 0.15) is 17.0 Å². The standard InChI is InChI=1S/C23H18ClN3O4/c1-26-17-9-19-18(29-12-30-19)8-15(17)23(10-21(26)25)14-4-2-3-5-16(14)27(22(23)28)11-13-6-7-20(24)31-13/h2-9,25H,10-12H2,1H3. The number of carbonyl (C=O) groups is 1. The van der Waals surface area contributed by atoms with Crippen molar-refractivity contribution in [3.8, 4) is 11.5 Å². The van der Waals surface area contributed by atoms with Crippen molar-refractivity contribution in [3.63, 3.8) is 0 Å². The normalized spacial score (nSPS) is 21.1. The SMILES string of the molecule is CN1C(=N)CC2(C(=O)N(Cc3ccc(Cl)o3)c3ccccc32)c2cc3c(cc21)OCO3. The lowest BCUT2D eigenvalue weighted by Gasteiger charge is -2.40. The molecule has 1 unspecified atom stereocenters. The van der Waals surface area contributed by atoms with Gasteiger partial charge in [0.25, 0.3) is 0 Å². The molecule has 0 aliphatic carbocycles. The van der Waals surface area contributed by atoms with Crippen LogP contribution in [0.3, 0.4) is 0 Å². The molecule has 1 aromatic heterocycles. The number of nitrogens with zero attached hydrogens (tertiary/aromatic N) is 2. The highest BCUT2D eigenvalue weighted by molar-refractivity contribution is 6.28. The van der Waals surface area contributed by atoms with Crippen molar-refractivity contribution in [1.82, 2.24) is 0 Å². The van der Waals surface area contributed by atoms with Crippen molar-refractivity contribution in [2.75, 3.05) is 23.6 Å². The molecule has 8 heteroatoms. The van der Waals surface area contributed by atoms with Crippen molar-refractivity contribution in [3.05, 3.63) is 70.6 Å². The van der Waals surface area contributed by atoms with Crippen LogP contribution in [0.15, 0.2) is 52.9 Å². The van der Waals surface area contributed by atoms with Crippen LogP contribution < -0.4 is 19.3 Å². The van der Waals surface area contributed by atoms with Crippen LogP contribution in [0.4, 0.5) is 11.4 Å². The van der Waals surface area contributed by atoms with Crippen LogP contribution in [0, 0.1) is 5.41 Å². The minimum atomic E-state index is -1.02. The maximum Gasteiger partial charge on any atom is 0.243 e. The minimum absolute atomic E-state index is 0.0980. The van der Waals surface area contributed by atoms with Gasteiger partial charge in [-0.05, 0) is 41.4 Å². The van der Waals surface area contributed by atoms with Gasteiger partial charge in [-0.1, -0.05) is 18.2 Å². The van der Waals surface area contributed by atoms with Gasteiger partial charge in [0.2, 0.25) is 12.7 Å². The second-order valence-corrected chi connectivity index (χ2v) is 8.30. The van der Waals surface area contributed by atoms with Crippen LogP contribution in [-0.4, -0.2) is 25.6 Å². The Morgan fingerprint density at radius 1 is 1.06 bits per heavy atom. The number of hydrogen-bond acceptors (Lipinski definition) is 5. The van der Waals surface area contributed by atoms with E-state index in [1.165, 1.54) is 0 Å². The number of furan rings is 1. The first kappa shape index (κ1) is 18.3. The van der Waals surface area contributed by atoms with Crippen LogP contribution in [0.25, 0.3) is 0 Å². The molecular formula is C23H18ClN3O4. The highest BCUT2D eigenvalue weighted by atomic mass is 35.5. The zero-order valence-corrected chi connectivity index (χ0v) is 17.4. The molecule has 2 aromatic carbocycles. The lowest BCUT2D eigenvalue weighted by atomic mass is 9.69. The van der Waals surface area contributed by atoms with Gasteiger partial charge < -0.3 is 23.7 Å². The number of hydrogen-bond donors (Lipinski definition) is 1. The molecule has 0 fully saturated rings. The average molecular weight is 436 g/mol. The Labute approximate surface area is 183 Å². The Morgan fingerprint density at radius 2 is 1.84 bits per heavy atom. The van der Waals surface area contributed by atoms with Crippen molar-refractivity contribution in [1.29, 1.82) is 5.41 Å². The Kier molecular flexibility index (Phi) is 3.71. The topological polar surface area (TPSA) is 79.0 Å².